The molecule has 0 bridgehead atoms. The molecule has 1 aliphatic heterocycles. The highest BCUT2D eigenvalue weighted by molar-refractivity contribution is 6.30. The molecule has 2 rings (SSSR count). The van der Waals surface area contributed by atoms with Gasteiger partial charge in [-0.25, -0.2) is 0 Å². The van der Waals surface area contributed by atoms with E-state index in [0.717, 1.165) is 31.7 Å². The summed E-state index contributed by atoms with van der Waals surface area (Å²) in [6, 6.07) is 5.08. The molecule has 1 N–H and O–H groups in total. The Bertz CT molecular complexity index is 443. The summed E-state index contributed by atoms with van der Waals surface area (Å²) in [5.41, 5.74) is 0.832. The topological polar surface area (TPSA) is 43.8 Å². The van der Waals surface area contributed by atoms with E-state index >= 15 is 0 Å². The first kappa shape index (κ1) is 13.2. The lowest BCUT2D eigenvalue weighted by Gasteiger charge is -2.34. The largest absolute Gasteiger partial charge is 0.508 e. The Labute approximate surface area is 112 Å². The SMILES string of the molecule is CC(=O)N1CCN(Cc2cc(Cl)ccc2O)CC1. The molecule has 98 valence electrons. The van der Waals surface area contributed by atoms with Crippen LogP contribution in [0, 0.1) is 0 Å². The van der Waals surface area contributed by atoms with E-state index in [-0.39, 0.29) is 11.7 Å². The molecule has 0 unspecified atom stereocenters. The van der Waals surface area contributed by atoms with Crippen molar-refractivity contribution in [2.45, 2.75) is 13.5 Å². The first-order valence-electron chi connectivity index (χ1n) is 6.01. The van der Waals surface area contributed by atoms with E-state index in [0.29, 0.717) is 11.6 Å². The first-order chi connectivity index (χ1) is 8.56. The van der Waals surface area contributed by atoms with Crippen molar-refractivity contribution in [2.75, 3.05) is 26.2 Å². The van der Waals surface area contributed by atoms with Gasteiger partial charge in [0.1, 0.15) is 5.75 Å². The molecule has 0 atom stereocenters. The monoisotopic (exact) mass is 268 g/mol. The second kappa shape index (κ2) is 5.59. The lowest BCUT2D eigenvalue weighted by molar-refractivity contribution is -0.130. The summed E-state index contributed by atoms with van der Waals surface area (Å²) in [6.07, 6.45) is 0. The predicted octanol–water partition coefficient (Wildman–Crippen LogP) is 1.71. The Morgan fingerprint density at radius 3 is 2.61 bits per heavy atom. The Balaban J connectivity index is 1.95. The third-order valence-electron chi connectivity index (χ3n) is 3.25. The highest BCUT2D eigenvalue weighted by Crippen LogP contribution is 2.23. The van der Waals surface area contributed by atoms with Crippen molar-refractivity contribution in [1.82, 2.24) is 9.80 Å². The van der Waals surface area contributed by atoms with Gasteiger partial charge in [-0.2, -0.15) is 0 Å². The van der Waals surface area contributed by atoms with Gasteiger partial charge >= 0.3 is 0 Å². The van der Waals surface area contributed by atoms with Gasteiger partial charge in [-0.1, -0.05) is 11.6 Å². The van der Waals surface area contributed by atoms with Crippen LogP contribution in [-0.4, -0.2) is 47.0 Å². The van der Waals surface area contributed by atoms with E-state index in [4.69, 9.17) is 11.6 Å². The average Bonchev–Trinajstić information content (AvgIpc) is 2.34. The van der Waals surface area contributed by atoms with E-state index in [1.165, 1.54) is 0 Å². The number of piperazine rings is 1. The number of amides is 1. The van der Waals surface area contributed by atoms with Crippen LogP contribution in [0.1, 0.15) is 12.5 Å². The molecular formula is C13H17ClN2O2. The van der Waals surface area contributed by atoms with E-state index in [1.54, 1.807) is 25.1 Å². The summed E-state index contributed by atoms with van der Waals surface area (Å²) in [7, 11) is 0. The number of hydrogen-bond donors (Lipinski definition) is 1. The number of phenols is 1. The number of carbonyl (C=O) groups is 1. The van der Waals surface area contributed by atoms with E-state index in [9.17, 15) is 9.90 Å². The molecule has 1 amide bonds. The number of benzene rings is 1. The van der Waals surface area contributed by atoms with Gasteiger partial charge in [0.25, 0.3) is 0 Å². The van der Waals surface area contributed by atoms with Gasteiger partial charge in [0.15, 0.2) is 0 Å². The number of halogens is 1. The van der Waals surface area contributed by atoms with Crippen molar-refractivity contribution >= 4 is 17.5 Å². The zero-order chi connectivity index (χ0) is 13.1. The maximum atomic E-state index is 11.2. The third-order valence-corrected chi connectivity index (χ3v) is 3.49. The molecule has 0 aliphatic carbocycles. The van der Waals surface area contributed by atoms with Crippen molar-refractivity contribution in [3.05, 3.63) is 28.8 Å². The summed E-state index contributed by atoms with van der Waals surface area (Å²) in [6.45, 7) is 5.40. The Morgan fingerprint density at radius 1 is 1.33 bits per heavy atom. The zero-order valence-corrected chi connectivity index (χ0v) is 11.2. The fourth-order valence-corrected chi connectivity index (χ4v) is 2.34. The molecule has 5 heteroatoms. The minimum atomic E-state index is 0.125. The molecule has 0 saturated carbocycles. The standard InChI is InChI=1S/C13H17ClN2O2/c1-10(17)16-6-4-15(5-7-16)9-11-8-12(14)2-3-13(11)18/h2-3,8,18H,4-7,9H2,1H3. The van der Waals surface area contributed by atoms with Crippen LogP contribution in [0.5, 0.6) is 5.75 Å². The molecule has 1 fully saturated rings. The lowest BCUT2D eigenvalue weighted by Crippen LogP contribution is -2.47. The third kappa shape index (κ3) is 3.15. The summed E-state index contributed by atoms with van der Waals surface area (Å²) in [5, 5.41) is 10.4. The van der Waals surface area contributed by atoms with Crippen LogP contribution >= 0.6 is 11.6 Å². The number of phenolic OH excluding ortho intramolecular Hbond substituents is 1. The molecule has 0 radical (unpaired) electrons. The maximum absolute atomic E-state index is 11.2. The first-order valence-corrected chi connectivity index (χ1v) is 6.39. The van der Waals surface area contributed by atoms with Crippen molar-refractivity contribution in [1.29, 1.82) is 0 Å². The quantitative estimate of drug-likeness (QED) is 0.888. The Morgan fingerprint density at radius 2 is 2.00 bits per heavy atom. The fourth-order valence-electron chi connectivity index (χ4n) is 2.14. The number of aromatic hydroxyl groups is 1. The van der Waals surface area contributed by atoms with Crippen LogP contribution in [0.15, 0.2) is 18.2 Å². The van der Waals surface area contributed by atoms with E-state index in [2.05, 4.69) is 4.90 Å². The summed E-state index contributed by atoms with van der Waals surface area (Å²) in [5.74, 6) is 0.397. The summed E-state index contributed by atoms with van der Waals surface area (Å²) < 4.78 is 0. The van der Waals surface area contributed by atoms with Crippen LogP contribution in [0.4, 0.5) is 0 Å². The van der Waals surface area contributed by atoms with Gasteiger partial charge in [0, 0.05) is 50.2 Å². The van der Waals surface area contributed by atoms with Gasteiger partial charge in [-0.15, -0.1) is 0 Å². The number of rotatable bonds is 2. The normalized spacial score (nSPS) is 16.9. The van der Waals surface area contributed by atoms with Crippen LogP contribution in [0.3, 0.4) is 0 Å². The Kier molecular flexibility index (Phi) is 4.09. The summed E-state index contributed by atoms with van der Waals surface area (Å²) >= 11 is 5.92. The van der Waals surface area contributed by atoms with Gasteiger partial charge in [-0.05, 0) is 18.2 Å². The molecule has 0 spiro atoms. The number of hydrogen-bond acceptors (Lipinski definition) is 3. The van der Waals surface area contributed by atoms with Crippen molar-refractivity contribution in [2.24, 2.45) is 0 Å². The van der Waals surface area contributed by atoms with Gasteiger partial charge < -0.3 is 10.0 Å². The van der Waals surface area contributed by atoms with Gasteiger partial charge in [0.2, 0.25) is 5.91 Å². The van der Waals surface area contributed by atoms with Crippen LogP contribution in [0.2, 0.25) is 5.02 Å². The minimum absolute atomic E-state index is 0.125. The fraction of sp³-hybridized carbons (Fsp3) is 0.462. The van der Waals surface area contributed by atoms with E-state index in [1.807, 2.05) is 4.90 Å². The Hall–Kier alpha value is -1.26. The molecule has 1 aromatic rings. The van der Waals surface area contributed by atoms with Crippen LogP contribution < -0.4 is 0 Å². The van der Waals surface area contributed by atoms with Crippen molar-refractivity contribution in [3.63, 3.8) is 0 Å². The number of carbonyl (C=O) groups excluding carboxylic acids is 1. The lowest BCUT2D eigenvalue weighted by atomic mass is 10.1. The minimum Gasteiger partial charge on any atom is -0.508 e. The summed E-state index contributed by atoms with van der Waals surface area (Å²) in [4.78, 5) is 15.3. The molecule has 1 saturated heterocycles. The van der Waals surface area contributed by atoms with Gasteiger partial charge in [-0.3, -0.25) is 9.69 Å². The molecule has 0 aromatic heterocycles. The molecule has 1 heterocycles. The molecule has 1 aromatic carbocycles. The zero-order valence-electron chi connectivity index (χ0n) is 10.4. The highest BCUT2D eigenvalue weighted by Gasteiger charge is 2.19. The smallest absolute Gasteiger partial charge is 0.219 e. The van der Waals surface area contributed by atoms with Crippen molar-refractivity contribution in [3.8, 4) is 5.75 Å². The highest BCUT2D eigenvalue weighted by atomic mass is 35.5. The van der Waals surface area contributed by atoms with Crippen LogP contribution in [0.25, 0.3) is 0 Å². The van der Waals surface area contributed by atoms with Crippen molar-refractivity contribution < 1.29 is 9.90 Å². The molecule has 1 aliphatic rings. The van der Waals surface area contributed by atoms with E-state index < -0.39 is 0 Å². The number of nitrogens with zero attached hydrogens (tertiary/aromatic N) is 2. The average molecular weight is 269 g/mol. The predicted molar refractivity (Wildman–Crippen MR) is 70.6 cm³/mol. The maximum Gasteiger partial charge on any atom is 0.219 e. The van der Waals surface area contributed by atoms with Gasteiger partial charge in [0.05, 0.1) is 0 Å². The second-order valence-corrected chi connectivity index (χ2v) is 4.99. The second-order valence-electron chi connectivity index (χ2n) is 4.56. The molecular weight excluding hydrogens is 252 g/mol. The van der Waals surface area contributed by atoms with Crippen LogP contribution in [-0.2, 0) is 11.3 Å². The molecule has 4 nitrogen and oxygen atoms in total. The molecule has 18 heavy (non-hydrogen) atoms.